The zero-order chi connectivity index (χ0) is 53.5. The normalized spacial score (nSPS) is 14.9. The highest BCUT2D eigenvalue weighted by atomic mass is 31.2. The molecule has 0 saturated carbocycles. The Hall–Kier alpha value is -3.36. The molecule has 3 unspecified atom stereocenters. The fourth-order valence-corrected chi connectivity index (χ4v) is 8.32. The summed E-state index contributed by atoms with van der Waals surface area (Å²) in [6.45, 7) is 4.63. The number of rotatable bonds is 51. The molecule has 0 aliphatic carbocycles. The van der Waals surface area contributed by atoms with Crippen LogP contribution in [0, 0.1) is 0 Å². The lowest BCUT2D eigenvalue weighted by molar-refractivity contribution is -0.870. The van der Waals surface area contributed by atoms with Crippen LogP contribution in [0.25, 0.3) is 0 Å². The monoisotopic (exact) mass is 1030 g/mol. The van der Waals surface area contributed by atoms with Crippen LogP contribution in [0.1, 0.15) is 213 Å². The summed E-state index contributed by atoms with van der Waals surface area (Å²) in [5.74, 6) is -0.249. The minimum atomic E-state index is -4.38. The van der Waals surface area contributed by atoms with Crippen LogP contribution in [-0.4, -0.2) is 73.4 Å². The van der Waals surface area contributed by atoms with Crippen molar-refractivity contribution < 1.29 is 32.9 Å². The molecule has 9 heteroatoms. The first-order valence-electron chi connectivity index (χ1n) is 29.1. The number of quaternary nitrogens is 1. The molecule has 0 rings (SSSR count). The molecule has 3 atom stereocenters. The van der Waals surface area contributed by atoms with Crippen molar-refractivity contribution in [1.82, 2.24) is 5.32 Å². The summed E-state index contributed by atoms with van der Waals surface area (Å²) in [6, 6.07) is -0.906. The number of nitrogens with zero attached hydrogens (tertiary/aromatic N) is 1. The molecule has 0 aromatic carbocycles. The molecule has 1 amide bonds. The van der Waals surface area contributed by atoms with Gasteiger partial charge < -0.3 is 19.8 Å². The van der Waals surface area contributed by atoms with Crippen LogP contribution < -0.4 is 5.32 Å². The first-order valence-corrected chi connectivity index (χ1v) is 30.6. The molecule has 416 valence electrons. The van der Waals surface area contributed by atoms with Gasteiger partial charge in [-0.1, -0.05) is 244 Å². The van der Waals surface area contributed by atoms with Crippen molar-refractivity contribution >= 4 is 13.7 Å². The van der Waals surface area contributed by atoms with Crippen molar-refractivity contribution in [3.05, 3.63) is 134 Å². The molecule has 0 aromatic rings. The number of phosphoric ester groups is 1. The number of phosphoric acid groups is 1. The highest BCUT2D eigenvalue weighted by Gasteiger charge is 2.27. The Morgan fingerprint density at radius 1 is 0.479 bits per heavy atom. The molecule has 0 fully saturated rings. The topological polar surface area (TPSA) is 105 Å². The van der Waals surface area contributed by atoms with E-state index in [0.717, 1.165) is 83.5 Å². The maximum Gasteiger partial charge on any atom is 0.472 e. The SMILES string of the molecule is CC/C=C\C/C=C\C/C=C\C/C=C\C/C=C\C/C=C\C/C=C\C/C=C\C/C=C\CCCC(=O)NC(COP(=O)(O)OCC[N+](C)(C)C)C(O)/C=C/CC/C=C/CCCCCCCCCCCCCCCCCC. The number of likely N-dealkylation sites (N-methyl/N-ethyl adjacent to an activating group) is 1. The van der Waals surface area contributed by atoms with E-state index in [-0.39, 0.29) is 25.5 Å². The highest BCUT2D eigenvalue weighted by Crippen LogP contribution is 2.43. The lowest BCUT2D eigenvalue weighted by Crippen LogP contribution is -2.45. The van der Waals surface area contributed by atoms with Crippen LogP contribution in [-0.2, 0) is 18.4 Å². The summed E-state index contributed by atoms with van der Waals surface area (Å²) in [7, 11) is 1.50. The van der Waals surface area contributed by atoms with E-state index in [4.69, 9.17) is 9.05 Å². The first kappa shape index (κ1) is 69.6. The number of carbonyl (C=O) groups is 1. The molecule has 73 heavy (non-hydrogen) atoms. The Kier molecular flexibility index (Phi) is 51.0. The van der Waals surface area contributed by atoms with Gasteiger partial charge in [-0.05, 0) is 96.3 Å². The van der Waals surface area contributed by atoms with E-state index in [1.807, 2.05) is 27.2 Å². The van der Waals surface area contributed by atoms with Gasteiger partial charge in [0.15, 0.2) is 0 Å². The fourth-order valence-electron chi connectivity index (χ4n) is 7.59. The predicted molar refractivity (Wildman–Crippen MR) is 318 cm³/mol. The van der Waals surface area contributed by atoms with E-state index in [9.17, 15) is 19.4 Å². The number of unbranched alkanes of at least 4 members (excludes halogenated alkanes) is 18. The van der Waals surface area contributed by atoms with Crippen molar-refractivity contribution in [3.63, 3.8) is 0 Å². The zero-order valence-electron chi connectivity index (χ0n) is 47.3. The van der Waals surface area contributed by atoms with Gasteiger partial charge in [-0.25, -0.2) is 4.57 Å². The van der Waals surface area contributed by atoms with Gasteiger partial charge in [0.1, 0.15) is 13.2 Å². The maximum atomic E-state index is 13.0. The summed E-state index contributed by atoms with van der Waals surface area (Å²) in [5, 5.41) is 13.9. The van der Waals surface area contributed by atoms with E-state index in [1.165, 1.54) is 103 Å². The molecule has 0 radical (unpaired) electrons. The van der Waals surface area contributed by atoms with E-state index in [2.05, 4.69) is 141 Å². The van der Waals surface area contributed by atoms with Gasteiger partial charge in [0.05, 0.1) is 39.9 Å². The molecule has 3 N–H and O–H groups in total. The van der Waals surface area contributed by atoms with Crippen molar-refractivity contribution in [2.75, 3.05) is 40.9 Å². The minimum Gasteiger partial charge on any atom is -0.387 e. The number of allylic oxidation sites excluding steroid dienone is 21. The maximum absolute atomic E-state index is 13.0. The third-order valence-corrected chi connectivity index (χ3v) is 13.1. The second-order valence-corrected chi connectivity index (χ2v) is 21.7. The lowest BCUT2D eigenvalue weighted by Gasteiger charge is -2.25. The molecular weight excluding hydrogens is 924 g/mol. The van der Waals surface area contributed by atoms with Crippen molar-refractivity contribution in [3.8, 4) is 0 Å². The molecule has 0 spiro atoms. The van der Waals surface area contributed by atoms with Crippen molar-refractivity contribution in [2.45, 2.75) is 225 Å². The first-order chi connectivity index (χ1) is 35.5. The number of amides is 1. The quantitative estimate of drug-likeness (QED) is 0.0243. The Labute approximate surface area is 449 Å². The molecular formula is C64H110N2O6P+. The number of nitrogens with one attached hydrogen (secondary N) is 1. The Balaban J connectivity index is 4.42. The van der Waals surface area contributed by atoms with Gasteiger partial charge in [-0.3, -0.25) is 13.8 Å². The second kappa shape index (κ2) is 53.5. The largest absolute Gasteiger partial charge is 0.472 e. The fraction of sp³-hybridized carbons (Fsp3) is 0.641. The average molecular weight is 1030 g/mol. The second-order valence-electron chi connectivity index (χ2n) is 20.3. The van der Waals surface area contributed by atoms with Gasteiger partial charge in [-0.15, -0.1) is 0 Å². The van der Waals surface area contributed by atoms with Gasteiger partial charge in [0, 0.05) is 6.42 Å². The zero-order valence-corrected chi connectivity index (χ0v) is 48.2. The summed E-state index contributed by atoms with van der Waals surface area (Å²) in [4.78, 5) is 23.3. The predicted octanol–water partition coefficient (Wildman–Crippen LogP) is 17.9. The van der Waals surface area contributed by atoms with Crippen molar-refractivity contribution in [1.29, 1.82) is 0 Å². The summed E-state index contributed by atoms with van der Waals surface area (Å²) in [6.07, 6.45) is 81.4. The molecule has 0 bridgehead atoms. The summed E-state index contributed by atoms with van der Waals surface area (Å²) in [5.41, 5.74) is 0. The molecule has 0 aliphatic rings. The van der Waals surface area contributed by atoms with Crippen LogP contribution >= 0.6 is 7.82 Å². The molecule has 0 saturated heterocycles. The van der Waals surface area contributed by atoms with E-state index >= 15 is 0 Å². The number of aliphatic hydroxyl groups is 1. The Bertz CT molecular complexity index is 1640. The number of hydrogen-bond donors (Lipinski definition) is 3. The highest BCUT2D eigenvalue weighted by molar-refractivity contribution is 7.47. The van der Waals surface area contributed by atoms with Crippen LogP contribution in [0.3, 0.4) is 0 Å². The Morgan fingerprint density at radius 3 is 1.26 bits per heavy atom. The molecule has 8 nitrogen and oxygen atoms in total. The smallest absolute Gasteiger partial charge is 0.387 e. The standard InChI is InChI=1S/C64H109N2O6P/c1-6-8-10-12-14-16-18-20-22-24-26-28-30-31-32-33-34-35-36-38-40-42-44-46-48-50-52-54-56-58-64(68)65-62(61-72-73(69,70)71-60-59-66(3,4)5)63(67)57-55-53-51-49-47-45-43-41-39-37-29-27-25-23-21-19-17-15-13-11-9-7-2/h8,10,14,16,20,22,26,28,31-32,34-35,38,40,44,46-47,49-50,52,55,57,62-63,67H,6-7,9,11-13,15,17-19,21,23-25,27,29-30,33,36-37,39,41-43,45,48,51,53-54,56,58-61H2,1-5H3,(H-,65,68,69,70)/p+1/b10-8-,16-14-,22-20-,28-26-,32-31-,35-34-,40-38-,46-44-,49-47+,52-50-,57-55+. The summed E-state index contributed by atoms with van der Waals surface area (Å²) >= 11 is 0. The van der Waals surface area contributed by atoms with Gasteiger partial charge in [-0.2, -0.15) is 0 Å². The Morgan fingerprint density at radius 2 is 0.836 bits per heavy atom. The number of carbonyl (C=O) groups excluding carboxylic acids is 1. The summed E-state index contributed by atoms with van der Waals surface area (Å²) < 4.78 is 23.7. The molecule has 0 aromatic heterocycles. The van der Waals surface area contributed by atoms with Crippen molar-refractivity contribution in [2.24, 2.45) is 0 Å². The van der Waals surface area contributed by atoms with Gasteiger partial charge >= 0.3 is 7.82 Å². The van der Waals surface area contributed by atoms with Crippen LogP contribution in [0.2, 0.25) is 0 Å². The van der Waals surface area contributed by atoms with Crippen LogP contribution in [0.5, 0.6) is 0 Å². The van der Waals surface area contributed by atoms with Crippen LogP contribution in [0.4, 0.5) is 0 Å². The number of hydrogen-bond acceptors (Lipinski definition) is 5. The van der Waals surface area contributed by atoms with E-state index in [0.29, 0.717) is 17.4 Å². The molecule has 0 aliphatic heterocycles. The third-order valence-electron chi connectivity index (χ3n) is 12.1. The van der Waals surface area contributed by atoms with Gasteiger partial charge in [0.2, 0.25) is 5.91 Å². The molecule has 0 heterocycles. The van der Waals surface area contributed by atoms with Gasteiger partial charge in [0.25, 0.3) is 0 Å². The average Bonchev–Trinajstić information content (AvgIpc) is 3.35. The number of aliphatic hydroxyl groups excluding tert-OH is 1. The van der Waals surface area contributed by atoms with E-state index < -0.39 is 20.0 Å². The minimum absolute atomic E-state index is 0.0375. The third kappa shape index (κ3) is 56.2. The lowest BCUT2D eigenvalue weighted by atomic mass is 10.0. The van der Waals surface area contributed by atoms with Crippen LogP contribution in [0.15, 0.2) is 134 Å². The van der Waals surface area contributed by atoms with E-state index in [1.54, 1.807) is 6.08 Å².